The third-order valence-corrected chi connectivity index (χ3v) is 16.1. The number of hydrogen-bond donors (Lipinski definition) is 20. The lowest BCUT2D eigenvalue weighted by Crippen LogP contribution is -2.71. The van der Waals surface area contributed by atoms with Crippen molar-refractivity contribution in [3.05, 3.63) is 12.2 Å². The van der Waals surface area contributed by atoms with Crippen LogP contribution in [0.2, 0.25) is 0 Å². The fourth-order valence-corrected chi connectivity index (χ4v) is 10.9. The first-order valence-electron chi connectivity index (χ1n) is 29.3. The molecule has 0 spiro atoms. The minimum absolute atomic E-state index is 0.428. The van der Waals surface area contributed by atoms with Crippen LogP contribution in [-0.2, 0) is 52.2 Å². The van der Waals surface area contributed by atoms with Gasteiger partial charge in [-0.15, -0.1) is 0 Å². The average molecular weight is 1220 g/mol. The molecule has 5 rings (SSSR count). The van der Waals surface area contributed by atoms with Gasteiger partial charge in [0.25, 0.3) is 5.79 Å². The zero-order valence-electron chi connectivity index (χ0n) is 47.4. The van der Waals surface area contributed by atoms with Gasteiger partial charge in [-0.2, -0.15) is 0 Å². The molecular formula is C53H97N3O28. The summed E-state index contributed by atoms with van der Waals surface area (Å²) in [6.45, 7) is -3.35. The van der Waals surface area contributed by atoms with E-state index in [4.69, 9.17) is 64.6 Å². The fourth-order valence-electron chi connectivity index (χ4n) is 10.9. The third-order valence-electron chi connectivity index (χ3n) is 16.1. The minimum atomic E-state index is -3.22. The number of hydrogen-bond acceptors (Lipinski definition) is 30. The van der Waals surface area contributed by atoms with Crippen LogP contribution < -0.4 is 17.2 Å². The molecule has 5 aliphatic rings. The number of ether oxygens (including phenoxy) is 10. The number of unbranched alkanes of at least 4 members (excludes halogenated alkanes) is 13. The molecule has 5 saturated heterocycles. The molecule has 0 aromatic carbocycles. The number of carbonyl (C=O) groups is 1. The third kappa shape index (κ3) is 18.8. The van der Waals surface area contributed by atoms with Crippen LogP contribution in [-0.4, -0.2) is 304 Å². The maximum absolute atomic E-state index is 13.4. The summed E-state index contributed by atoms with van der Waals surface area (Å²) in [6.07, 6.45) is -27.8. The second-order valence-electron chi connectivity index (χ2n) is 22.5. The lowest BCUT2D eigenvalue weighted by atomic mass is 9.88. The van der Waals surface area contributed by atoms with Gasteiger partial charge in [0.15, 0.2) is 25.2 Å². The first-order chi connectivity index (χ1) is 40.0. The van der Waals surface area contributed by atoms with Crippen molar-refractivity contribution in [1.29, 1.82) is 0 Å². The molecular weight excluding hydrogens is 1130 g/mol. The van der Waals surface area contributed by atoms with Crippen molar-refractivity contribution in [2.75, 3.05) is 39.6 Å². The summed E-state index contributed by atoms with van der Waals surface area (Å²) in [5.74, 6) is -5.29. The van der Waals surface area contributed by atoms with E-state index < -0.39 is 223 Å². The largest absolute Gasteiger partial charge is 0.477 e. The Hall–Kier alpha value is -1.95. The summed E-state index contributed by atoms with van der Waals surface area (Å²) in [4.78, 5) is 13.4. The van der Waals surface area contributed by atoms with E-state index in [1.807, 2.05) is 6.08 Å². The Labute approximate surface area is 487 Å². The standard InChI is InChI=1S/C53H97N3O28/c1-2-3-4-5-6-7-8-9-10-11-12-13-14-15-16-17-26(62)25(54)24-75-49-41(71)39(69)43(31(22-60)78-49)80-51-42(72)47(84-53(52(73)74)18-27(63)33(55)46(83-53)35(65)28(64)19-57)44(32(23-61)79-51)81-48-34(56)45(37(67)30(21-59)76-48)82-50-40(70)38(68)36(66)29(20-58)77-50/h16-17,25-51,57-72H,2-15,18-24,54-56H2,1H3,(H,73,74)/b17-16+/t25-,26+,27-,28+,29+,30+,31+,32+,33+,34+,35+,36-,37-,38-,39+,40+,41+,42+,43+,44-,45+,46+,47+,48-,49+,50-,51-,53-/m0/s1. The van der Waals surface area contributed by atoms with Gasteiger partial charge in [-0.05, 0) is 12.8 Å². The van der Waals surface area contributed by atoms with Crippen molar-refractivity contribution >= 4 is 5.97 Å². The highest BCUT2D eigenvalue weighted by Crippen LogP contribution is 2.40. The van der Waals surface area contributed by atoms with E-state index in [1.165, 1.54) is 70.3 Å². The Bertz CT molecular complexity index is 1890. The van der Waals surface area contributed by atoms with Gasteiger partial charge in [-0.25, -0.2) is 4.79 Å². The second-order valence-corrected chi connectivity index (χ2v) is 22.5. The average Bonchev–Trinajstić information content (AvgIpc) is 3.68. The molecule has 0 aromatic heterocycles. The highest BCUT2D eigenvalue weighted by Gasteiger charge is 2.61. The summed E-state index contributed by atoms with van der Waals surface area (Å²) in [6, 6.07) is -4.52. The normalized spacial score (nSPS) is 41.1. The SMILES string of the molecule is CCCCCCCCCCCCCCC/C=C/[C@@H](O)[C@@H](N)CO[C@@H]1O[C@H](CO)[C@@H](O[C@@H]2O[C@H](CO)[C@H](O[C@@H]3O[C@H](CO)[C@H](O)[C@H](O[C@@H]4O[C@H](CO)[C@H](O)[C@H](O)[C@H]4O)[C@H]3N)[C@H](O[C@]3(C(=O)O)C[C@H](O)[C@@H](N)[C@H]([C@H](O)[C@H](O)CO)O3)[C@H]2O)[C@H](O)[C@H]1O. The van der Waals surface area contributed by atoms with Crippen LogP contribution in [0.15, 0.2) is 12.2 Å². The van der Waals surface area contributed by atoms with Gasteiger partial charge in [-0.1, -0.05) is 96.1 Å². The quantitative estimate of drug-likeness (QED) is 0.0207. The summed E-state index contributed by atoms with van der Waals surface area (Å²) < 4.78 is 58.2. The van der Waals surface area contributed by atoms with E-state index in [-0.39, 0.29) is 0 Å². The molecule has 5 aliphatic heterocycles. The van der Waals surface area contributed by atoms with Crippen LogP contribution in [0.1, 0.15) is 103 Å². The van der Waals surface area contributed by atoms with Gasteiger partial charge in [0.05, 0.1) is 70.0 Å². The van der Waals surface area contributed by atoms with E-state index in [0.717, 1.165) is 19.3 Å². The van der Waals surface area contributed by atoms with E-state index >= 15 is 0 Å². The summed E-state index contributed by atoms with van der Waals surface area (Å²) >= 11 is 0. The van der Waals surface area contributed by atoms with Crippen molar-refractivity contribution in [3.63, 3.8) is 0 Å². The molecule has 0 saturated carbocycles. The topological polar surface area (TPSA) is 531 Å². The van der Waals surface area contributed by atoms with Gasteiger partial charge in [-0.3, -0.25) is 0 Å². The van der Waals surface area contributed by atoms with Gasteiger partial charge in [0.2, 0.25) is 0 Å². The number of carboxylic acid groups (broad SMARTS) is 1. The lowest BCUT2D eigenvalue weighted by molar-refractivity contribution is -0.402. The van der Waals surface area contributed by atoms with Crippen LogP contribution in [0.5, 0.6) is 0 Å². The highest BCUT2D eigenvalue weighted by atomic mass is 16.8. The van der Waals surface area contributed by atoms with Crippen LogP contribution in [0.4, 0.5) is 0 Å². The van der Waals surface area contributed by atoms with Crippen molar-refractivity contribution in [2.45, 2.75) is 274 Å². The number of carboxylic acids is 1. The van der Waals surface area contributed by atoms with Gasteiger partial charge >= 0.3 is 5.97 Å². The molecule has 492 valence electrons. The van der Waals surface area contributed by atoms with E-state index in [1.54, 1.807) is 0 Å². The molecule has 0 aromatic rings. The smallest absolute Gasteiger partial charge is 0.364 e. The summed E-state index contributed by atoms with van der Waals surface area (Å²) in [5.41, 5.74) is 18.8. The Kier molecular flexibility index (Phi) is 30.7. The Balaban J connectivity index is 1.31. The van der Waals surface area contributed by atoms with Crippen molar-refractivity contribution in [2.24, 2.45) is 17.2 Å². The maximum Gasteiger partial charge on any atom is 0.364 e. The molecule has 31 heteroatoms. The highest BCUT2D eigenvalue weighted by molar-refractivity contribution is 5.76. The van der Waals surface area contributed by atoms with Crippen molar-refractivity contribution < 1.29 is 139 Å². The predicted octanol–water partition coefficient (Wildman–Crippen LogP) is -7.04. The maximum atomic E-state index is 13.4. The van der Waals surface area contributed by atoms with Crippen LogP contribution >= 0.6 is 0 Å². The Morgan fingerprint density at radius 2 is 1.06 bits per heavy atom. The molecule has 31 nitrogen and oxygen atoms in total. The molecule has 5 fully saturated rings. The number of nitrogens with two attached hydrogens (primary N) is 3. The van der Waals surface area contributed by atoms with Gasteiger partial charge in [0, 0.05) is 6.42 Å². The Morgan fingerprint density at radius 3 is 1.63 bits per heavy atom. The molecule has 0 bridgehead atoms. The Morgan fingerprint density at radius 1 is 0.571 bits per heavy atom. The molecule has 5 heterocycles. The minimum Gasteiger partial charge on any atom is -0.477 e. The summed E-state index contributed by atoms with van der Waals surface area (Å²) in [5, 5.41) is 183. The first-order valence-corrected chi connectivity index (χ1v) is 29.3. The number of aliphatic hydroxyl groups is 16. The molecule has 0 radical (unpaired) electrons. The first kappa shape index (κ1) is 72.8. The second kappa shape index (κ2) is 35.4. The monoisotopic (exact) mass is 1220 g/mol. The number of allylic oxidation sites excluding steroid dienone is 1. The van der Waals surface area contributed by atoms with E-state index in [0.29, 0.717) is 6.42 Å². The zero-order chi connectivity index (χ0) is 62.0. The number of rotatable bonds is 35. The predicted molar refractivity (Wildman–Crippen MR) is 285 cm³/mol. The molecule has 0 amide bonds. The van der Waals surface area contributed by atoms with Crippen LogP contribution in [0.25, 0.3) is 0 Å². The molecule has 0 unspecified atom stereocenters. The van der Waals surface area contributed by atoms with E-state index in [2.05, 4.69) is 6.92 Å². The van der Waals surface area contributed by atoms with Crippen molar-refractivity contribution in [1.82, 2.24) is 0 Å². The fraction of sp³-hybridized carbons (Fsp3) is 0.943. The van der Waals surface area contributed by atoms with Crippen molar-refractivity contribution in [3.8, 4) is 0 Å². The van der Waals surface area contributed by atoms with E-state index in [9.17, 15) is 91.6 Å². The molecule has 28 atom stereocenters. The van der Waals surface area contributed by atoms with Gasteiger partial charge < -0.3 is 151 Å². The zero-order valence-corrected chi connectivity index (χ0v) is 47.4. The lowest BCUT2D eigenvalue weighted by Gasteiger charge is -2.52. The molecule has 84 heavy (non-hydrogen) atoms. The van der Waals surface area contributed by atoms with Gasteiger partial charge in [0.1, 0.15) is 110 Å². The number of aliphatic carboxylic acids is 1. The molecule has 23 N–H and O–H groups in total. The molecule has 0 aliphatic carbocycles. The summed E-state index contributed by atoms with van der Waals surface area (Å²) in [7, 11) is 0. The number of aliphatic hydroxyl groups excluding tert-OH is 16. The van der Waals surface area contributed by atoms with Crippen LogP contribution in [0, 0.1) is 0 Å². The van der Waals surface area contributed by atoms with Crippen LogP contribution in [0.3, 0.4) is 0 Å².